The van der Waals surface area contributed by atoms with Gasteiger partial charge in [0.1, 0.15) is 5.75 Å². The zero-order valence-corrected chi connectivity index (χ0v) is 9.72. The Morgan fingerprint density at radius 1 is 1.39 bits per heavy atom. The first-order chi connectivity index (χ1) is 8.41. The molecule has 1 aromatic carbocycles. The molecule has 0 saturated heterocycles. The van der Waals surface area contributed by atoms with Gasteiger partial charge in [-0.3, -0.25) is 4.79 Å². The zero-order valence-electron chi connectivity index (χ0n) is 9.72. The molecule has 100 valence electrons. The van der Waals surface area contributed by atoms with Crippen LogP contribution in [0.25, 0.3) is 0 Å². The first-order valence-corrected chi connectivity index (χ1v) is 5.36. The number of aliphatic hydroxyl groups excluding tert-OH is 1. The van der Waals surface area contributed by atoms with E-state index >= 15 is 0 Å². The molecule has 0 aliphatic heterocycles. The second kappa shape index (κ2) is 6.30. The third-order valence-corrected chi connectivity index (χ3v) is 2.49. The largest absolute Gasteiger partial charge is 0.481 e. The molecule has 2 unspecified atom stereocenters. The van der Waals surface area contributed by atoms with Crippen molar-refractivity contribution in [3.05, 3.63) is 29.8 Å². The molecule has 0 aromatic heterocycles. The van der Waals surface area contributed by atoms with Gasteiger partial charge in [-0.2, -0.15) is 8.78 Å². The van der Waals surface area contributed by atoms with Crippen molar-refractivity contribution in [3.63, 3.8) is 0 Å². The number of carboxylic acid groups (broad SMARTS) is 1. The Morgan fingerprint density at radius 3 is 2.56 bits per heavy atom. The number of carboxylic acids is 1. The van der Waals surface area contributed by atoms with Crippen LogP contribution >= 0.6 is 0 Å². The maximum atomic E-state index is 12.2. The summed E-state index contributed by atoms with van der Waals surface area (Å²) in [5.74, 6) is -1.97. The van der Waals surface area contributed by atoms with Crippen LogP contribution in [0.2, 0.25) is 0 Å². The summed E-state index contributed by atoms with van der Waals surface area (Å²) in [5.41, 5.74) is 0.158. The number of ether oxygens (including phenoxy) is 1. The number of carbonyl (C=O) groups is 1. The van der Waals surface area contributed by atoms with E-state index in [9.17, 15) is 18.7 Å². The summed E-state index contributed by atoms with van der Waals surface area (Å²) in [7, 11) is 0. The van der Waals surface area contributed by atoms with E-state index in [-0.39, 0.29) is 17.7 Å². The van der Waals surface area contributed by atoms with E-state index in [1.807, 2.05) is 0 Å². The Morgan fingerprint density at radius 2 is 2.00 bits per heavy atom. The van der Waals surface area contributed by atoms with Crippen LogP contribution in [0.1, 0.15) is 25.0 Å². The minimum Gasteiger partial charge on any atom is -0.481 e. The number of para-hydroxylation sites is 1. The van der Waals surface area contributed by atoms with Crippen LogP contribution in [0.15, 0.2) is 24.3 Å². The Bertz CT molecular complexity index is 409. The number of benzene rings is 1. The Balaban J connectivity index is 2.84. The molecule has 1 aromatic rings. The first kappa shape index (κ1) is 14.4. The number of rotatable bonds is 6. The van der Waals surface area contributed by atoms with Gasteiger partial charge in [-0.05, 0) is 12.5 Å². The lowest BCUT2D eigenvalue weighted by atomic mass is 9.98. The van der Waals surface area contributed by atoms with Crippen LogP contribution in [-0.4, -0.2) is 22.8 Å². The van der Waals surface area contributed by atoms with Crippen molar-refractivity contribution in [1.82, 2.24) is 0 Å². The summed E-state index contributed by atoms with van der Waals surface area (Å²) < 4.78 is 28.6. The lowest BCUT2D eigenvalue weighted by molar-refractivity contribution is -0.142. The number of aliphatic hydroxyl groups is 1. The molecule has 2 atom stereocenters. The summed E-state index contributed by atoms with van der Waals surface area (Å²) in [6, 6.07) is 5.78. The normalized spacial score (nSPS) is 14.3. The van der Waals surface area contributed by atoms with Gasteiger partial charge in [0.25, 0.3) is 0 Å². The average Bonchev–Trinajstić information content (AvgIpc) is 2.28. The van der Waals surface area contributed by atoms with Gasteiger partial charge < -0.3 is 14.9 Å². The quantitative estimate of drug-likeness (QED) is 0.824. The standard InChI is InChI=1S/C12H14F2O4/c1-7(11(16)17)6-9(15)8-4-2-3-5-10(8)18-12(13)14/h2-5,7,9,12,15H,6H2,1H3,(H,16,17). The predicted octanol–water partition coefficient (Wildman–Crippen LogP) is 2.43. The van der Waals surface area contributed by atoms with Crippen LogP contribution in [-0.2, 0) is 4.79 Å². The highest BCUT2D eigenvalue weighted by atomic mass is 19.3. The minimum atomic E-state index is -2.99. The van der Waals surface area contributed by atoms with Crippen molar-refractivity contribution in [1.29, 1.82) is 0 Å². The highest BCUT2D eigenvalue weighted by Crippen LogP contribution is 2.30. The molecule has 0 amide bonds. The molecule has 0 bridgehead atoms. The molecule has 0 aliphatic carbocycles. The van der Waals surface area contributed by atoms with Crippen molar-refractivity contribution in [2.24, 2.45) is 5.92 Å². The molecule has 2 N–H and O–H groups in total. The molecule has 1 rings (SSSR count). The number of aliphatic carboxylic acids is 1. The van der Waals surface area contributed by atoms with E-state index < -0.39 is 24.6 Å². The van der Waals surface area contributed by atoms with Crippen molar-refractivity contribution >= 4 is 5.97 Å². The first-order valence-electron chi connectivity index (χ1n) is 5.36. The van der Waals surface area contributed by atoms with Crippen LogP contribution < -0.4 is 4.74 Å². The van der Waals surface area contributed by atoms with Gasteiger partial charge in [0, 0.05) is 5.56 Å². The number of alkyl halides is 2. The van der Waals surface area contributed by atoms with E-state index in [0.717, 1.165) is 0 Å². The fraction of sp³-hybridized carbons (Fsp3) is 0.417. The van der Waals surface area contributed by atoms with Gasteiger partial charge in [0.15, 0.2) is 0 Å². The van der Waals surface area contributed by atoms with Crippen molar-refractivity contribution in [2.45, 2.75) is 26.1 Å². The Kier molecular flexibility index (Phi) is 5.03. The molecule has 0 heterocycles. The molecular formula is C12H14F2O4. The Labute approximate surface area is 103 Å². The van der Waals surface area contributed by atoms with Gasteiger partial charge in [0.05, 0.1) is 12.0 Å². The minimum absolute atomic E-state index is 0.0705. The summed E-state index contributed by atoms with van der Waals surface area (Å²) >= 11 is 0. The predicted molar refractivity (Wildman–Crippen MR) is 59.5 cm³/mol. The highest BCUT2D eigenvalue weighted by molar-refractivity contribution is 5.69. The molecule has 0 aliphatic rings. The summed E-state index contributed by atoms with van der Waals surface area (Å²) in [6.45, 7) is -1.56. The highest BCUT2D eigenvalue weighted by Gasteiger charge is 2.21. The number of hydrogen-bond acceptors (Lipinski definition) is 3. The Hall–Kier alpha value is -1.69. The van der Waals surface area contributed by atoms with E-state index in [0.29, 0.717) is 0 Å². The van der Waals surface area contributed by atoms with Crippen LogP contribution in [0, 0.1) is 5.92 Å². The second-order valence-electron chi connectivity index (χ2n) is 3.91. The fourth-order valence-corrected chi connectivity index (χ4v) is 1.52. The topological polar surface area (TPSA) is 66.8 Å². The monoisotopic (exact) mass is 260 g/mol. The molecule has 0 fully saturated rings. The molecule has 4 nitrogen and oxygen atoms in total. The lowest BCUT2D eigenvalue weighted by Crippen LogP contribution is -2.14. The maximum absolute atomic E-state index is 12.2. The fourth-order valence-electron chi connectivity index (χ4n) is 1.52. The zero-order chi connectivity index (χ0) is 13.7. The maximum Gasteiger partial charge on any atom is 0.387 e. The molecule has 18 heavy (non-hydrogen) atoms. The van der Waals surface area contributed by atoms with E-state index in [2.05, 4.69) is 4.74 Å². The number of hydrogen-bond donors (Lipinski definition) is 2. The van der Waals surface area contributed by atoms with Crippen molar-refractivity contribution in [2.75, 3.05) is 0 Å². The molecule has 6 heteroatoms. The van der Waals surface area contributed by atoms with Crippen molar-refractivity contribution < 1.29 is 28.5 Å². The van der Waals surface area contributed by atoms with Crippen LogP contribution in [0.4, 0.5) is 8.78 Å². The molecule has 0 saturated carbocycles. The summed E-state index contributed by atoms with van der Waals surface area (Å²) in [4.78, 5) is 10.7. The molecule has 0 radical (unpaired) electrons. The van der Waals surface area contributed by atoms with Gasteiger partial charge >= 0.3 is 12.6 Å². The smallest absolute Gasteiger partial charge is 0.387 e. The average molecular weight is 260 g/mol. The third kappa shape index (κ3) is 3.96. The van der Waals surface area contributed by atoms with E-state index in [1.165, 1.54) is 25.1 Å². The molecule has 0 spiro atoms. The lowest BCUT2D eigenvalue weighted by Gasteiger charge is -2.17. The summed E-state index contributed by atoms with van der Waals surface area (Å²) in [6.07, 6.45) is -1.23. The summed E-state index contributed by atoms with van der Waals surface area (Å²) in [5, 5.41) is 18.6. The SMILES string of the molecule is CC(CC(O)c1ccccc1OC(F)F)C(=O)O. The van der Waals surface area contributed by atoms with Crippen LogP contribution in [0.3, 0.4) is 0 Å². The van der Waals surface area contributed by atoms with Crippen LogP contribution in [0.5, 0.6) is 5.75 Å². The third-order valence-electron chi connectivity index (χ3n) is 2.49. The van der Waals surface area contributed by atoms with E-state index in [1.54, 1.807) is 6.07 Å². The van der Waals surface area contributed by atoms with Gasteiger partial charge in [0.2, 0.25) is 0 Å². The van der Waals surface area contributed by atoms with E-state index in [4.69, 9.17) is 5.11 Å². The second-order valence-corrected chi connectivity index (χ2v) is 3.91. The van der Waals surface area contributed by atoms with Gasteiger partial charge in [-0.1, -0.05) is 25.1 Å². The van der Waals surface area contributed by atoms with Gasteiger partial charge in [-0.25, -0.2) is 0 Å². The molecular weight excluding hydrogens is 246 g/mol. The number of halogens is 2. The van der Waals surface area contributed by atoms with Crippen molar-refractivity contribution in [3.8, 4) is 5.75 Å². The van der Waals surface area contributed by atoms with Gasteiger partial charge in [-0.15, -0.1) is 0 Å².